The third-order valence-corrected chi connectivity index (χ3v) is 5.29. The van der Waals surface area contributed by atoms with E-state index in [1.54, 1.807) is 30.1 Å². The highest BCUT2D eigenvalue weighted by Crippen LogP contribution is 2.18. The molecule has 0 bridgehead atoms. The van der Waals surface area contributed by atoms with E-state index < -0.39 is 0 Å². The van der Waals surface area contributed by atoms with Gasteiger partial charge in [0.25, 0.3) is 0 Å². The molecular weight excluding hydrogens is 343 g/mol. The van der Waals surface area contributed by atoms with Gasteiger partial charge >= 0.3 is 0 Å². The summed E-state index contributed by atoms with van der Waals surface area (Å²) >= 11 is 3.46. The van der Waals surface area contributed by atoms with Gasteiger partial charge in [0.15, 0.2) is 5.96 Å². The van der Waals surface area contributed by atoms with Crippen LogP contribution in [0.5, 0.6) is 0 Å². The summed E-state index contributed by atoms with van der Waals surface area (Å²) in [6, 6.07) is 6.62. The molecule has 2 rings (SSSR count). The van der Waals surface area contributed by atoms with E-state index in [1.165, 1.54) is 17.0 Å². The van der Waals surface area contributed by atoms with Crippen LogP contribution in [0.3, 0.4) is 0 Å². The van der Waals surface area contributed by atoms with Crippen LogP contribution in [0.2, 0.25) is 0 Å². The summed E-state index contributed by atoms with van der Waals surface area (Å²) in [5.74, 6) is 1.60. The van der Waals surface area contributed by atoms with Gasteiger partial charge in [-0.1, -0.05) is 0 Å². The lowest BCUT2D eigenvalue weighted by molar-refractivity contribution is 0.626. The van der Waals surface area contributed by atoms with E-state index in [1.807, 2.05) is 18.3 Å². The molecule has 0 aliphatic carbocycles. The van der Waals surface area contributed by atoms with Crippen molar-refractivity contribution in [2.45, 2.75) is 24.7 Å². The monoisotopic (exact) mass is 366 g/mol. The van der Waals surface area contributed by atoms with Crippen LogP contribution in [-0.4, -0.2) is 36.8 Å². The number of nitrogens with one attached hydrogen (secondary N) is 2. The van der Waals surface area contributed by atoms with Gasteiger partial charge in [-0.3, -0.25) is 4.99 Å². The number of hydrogen-bond acceptors (Lipinski definition) is 4. The molecule has 1 aromatic heterocycles. The second kappa shape index (κ2) is 10.3. The molecule has 0 saturated carbocycles. The van der Waals surface area contributed by atoms with Gasteiger partial charge in [0.2, 0.25) is 0 Å². The molecule has 2 aromatic rings. The molecular formula is C17H23FN4S2. The fourth-order valence-electron chi connectivity index (χ4n) is 2.03. The molecule has 2 N–H and O–H groups in total. The van der Waals surface area contributed by atoms with Gasteiger partial charge in [-0.25, -0.2) is 9.37 Å². The molecule has 1 heterocycles. The Labute approximate surface area is 151 Å². The Bertz CT molecular complexity index is 640. The Kier molecular flexibility index (Phi) is 8.04. The van der Waals surface area contributed by atoms with Gasteiger partial charge in [-0.2, -0.15) is 0 Å². The van der Waals surface area contributed by atoms with Gasteiger partial charge in [0.05, 0.1) is 5.01 Å². The van der Waals surface area contributed by atoms with Crippen LogP contribution >= 0.6 is 23.1 Å². The van der Waals surface area contributed by atoms with Crippen molar-refractivity contribution < 1.29 is 4.39 Å². The summed E-state index contributed by atoms with van der Waals surface area (Å²) in [6.07, 6.45) is 3.82. The molecule has 0 radical (unpaired) electrons. The first-order valence-electron chi connectivity index (χ1n) is 7.91. The lowest BCUT2D eigenvalue weighted by atomic mass is 10.4. The Morgan fingerprint density at radius 3 is 2.67 bits per heavy atom. The van der Waals surface area contributed by atoms with Crippen molar-refractivity contribution in [2.75, 3.05) is 25.9 Å². The van der Waals surface area contributed by atoms with Crippen molar-refractivity contribution in [2.24, 2.45) is 4.99 Å². The highest BCUT2D eigenvalue weighted by Gasteiger charge is 2.01. The largest absolute Gasteiger partial charge is 0.356 e. The summed E-state index contributed by atoms with van der Waals surface area (Å²) in [7, 11) is 1.77. The van der Waals surface area contributed by atoms with Crippen LogP contribution in [-0.2, 0) is 6.42 Å². The molecule has 0 spiro atoms. The quantitative estimate of drug-likeness (QED) is 0.325. The predicted molar refractivity (Wildman–Crippen MR) is 102 cm³/mol. The highest BCUT2D eigenvalue weighted by molar-refractivity contribution is 7.99. The molecule has 24 heavy (non-hydrogen) atoms. The molecule has 1 aromatic carbocycles. The number of guanidine groups is 1. The van der Waals surface area contributed by atoms with Crippen LogP contribution < -0.4 is 10.6 Å². The number of nitrogens with zero attached hydrogens (tertiary/aromatic N) is 2. The van der Waals surface area contributed by atoms with Crippen LogP contribution in [0.25, 0.3) is 0 Å². The Hall–Kier alpha value is -1.60. The zero-order valence-electron chi connectivity index (χ0n) is 14.0. The standard InChI is InChI=1S/C17H23FN4S2/c1-13-12-22-16(24-13)8-10-21-17(19-2)20-9-3-11-23-15-6-4-14(18)5-7-15/h4-7,12H,3,8-11H2,1-2H3,(H2,19,20,21). The van der Waals surface area contributed by atoms with E-state index in [0.717, 1.165) is 47.5 Å². The number of aromatic nitrogens is 1. The van der Waals surface area contributed by atoms with Crippen molar-refractivity contribution >= 4 is 29.1 Å². The molecule has 0 atom stereocenters. The van der Waals surface area contributed by atoms with E-state index in [-0.39, 0.29) is 5.82 Å². The molecule has 4 nitrogen and oxygen atoms in total. The Morgan fingerprint density at radius 2 is 2.00 bits per heavy atom. The summed E-state index contributed by atoms with van der Waals surface area (Å²) in [5.41, 5.74) is 0. The summed E-state index contributed by atoms with van der Waals surface area (Å²) in [6.45, 7) is 3.74. The average Bonchev–Trinajstić information content (AvgIpc) is 3.00. The minimum atomic E-state index is -0.191. The maximum absolute atomic E-state index is 12.8. The van der Waals surface area contributed by atoms with E-state index in [9.17, 15) is 4.39 Å². The summed E-state index contributed by atoms with van der Waals surface area (Å²) < 4.78 is 12.8. The van der Waals surface area contributed by atoms with Gasteiger partial charge < -0.3 is 10.6 Å². The van der Waals surface area contributed by atoms with Gasteiger partial charge in [0, 0.05) is 42.5 Å². The van der Waals surface area contributed by atoms with Crippen LogP contribution in [0.4, 0.5) is 4.39 Å². The van der Waals surface area contributed by atoms with Crippen molar-refractivity contribution in [3.63, 3.8) is 0 Å². The van der Waals surface area contributed by atoms with Crippen molar-refractivity contribution in [3.8, 4) is 0 Å². The second-order valence-electron chi connectivity index (χ2n) is 5.20. The molecule has 130 valence electrons. The number of aliphatic imine (C=N–C) groups is 1. The molecule has 0 amide bonds. The van der Waals surface area contributed by atoms with Crippen molar-refractivity contribution in [3.05, 3.63) is 46.2 Å². The van der Waals surface area contributed by atoms with Crippen molar-refractivity contribution in [1.29, 1.82) is 0 Å². The zero-order valence-corrected chi connectivity index (χ0v) is 15.6. The number of aryl methyl sites for hydroxylation is 1. The topological polar surface area (TPSA) is 49.3 Å². The number of thiazole rings is 1. The molecule has 0 aliphatic heterocycles. The number of rotatable bonds is 8. The minimum Gasteiger partial charge on any atom is -0.356 e. The maximum atomic E-state index is 12.8. The average molecular weight is 367 g/mol. The lowest BCUT2D eigenvalue weighted by Crippen LogP contribution is -2.38. The molecule has 0 unspecified atom stereocenters. The molecule has 0 aliphatic rings. The lowest BCUT2D eigenvalue weighted by Gasteiger charge is -2.11. The van der Waals surface area contributed by atoms with E-state index in [0.29, 0.717) is 0 Å². The Balaban J connectivity index is 1.57. The predicted octanol–water partition coefficient (Wildman–Crippen LogP) is 3.48. The van der Waals surface area contributed by atoms with Gasteiger partial charge in [-0.05, 0) is 43.4 Å². The van der Waals surface area contributed by atoms with Crippen LogP contribution in [0.1, 0.15) is 16.3 Å². The van der Waals surface area contributed by atoms with E-state index in [4.69, 9.17) is 0 Å². The number of hydrogen-bond donors (Lipinski definition) is 2. The normalized spacial score (nSPS) is 11.5. The number of halogens is 1. The fourth-order valence-corrected chi connectivity index (χ4v) is 3.66. The van der Waals surface area contributed by atoms with E-state index in [2.05, 4.69) is 27.5 Å². The van der Waals surface area contributed by atoms with Gasteiger partial charge in [0.1, 0.15) is 5.82 Å². The first-order chi connectivity index (χ1) is 11.7. The van der Waals surface area contributed by atoms with Gasteiger partial charge in [-0.15, -0.1) is 23.1 Å². The first kappa shape index (κ1) is 18.7. The second-order valence-corrected chi connectivity index (χ2v) is 7.68. The minimum absolute atomic E-state index is 0.191. The van der Waals surface area contributed by atoms with Crippen LogP contribution in [0, 0.1) is 12.7 Å². The number of benzene rings is 1. The number of thioether (sulfide) groups is 1. The smallest absolute Gasteiger partial charge is 0.190 e. The Morgan fingerprint density at radius 1 is 1.25 bits per heavy atom. The van der Waals surface area contributed by atoms with Crippen LogP contribution in [0.15, 0.2) is 40.4 Å². The van der Waals surface area contributed by atoms with E-state index >= 15 is 0 Å². The molecule has 0 fully saturated rings. The summed E-state index contributed by atoms with van der Waals surface area (Å²) in [4.78, 5) is 10.9. The third-order valence-electron chi connectivity index (χ3n) is 3.22. The zero-order chi connectivity index (χ0) is 17.2. The fraction of sp³-hybridized carbons (Fsp3) is 0.412. The third kappa shape index (κ3) is 6.88. The maximum Gasteiger partial charge on any atom is 0.190 e. The molecule has 0 saturated heterocycles. The highest BCUT2D eigenvalue weighted by atomic mass is 32.2. The SMILES string of the molecule is CN=C(NCCCSc1ccc(F)cc1)NCCc1ncc(C)s1. The first-order valence-corrected chi connectivity index (χ1v) is 9.72. The summed E-state index contributed by atoms with van der Waals surface area (Å²) in [5, 5.41) is 7.75. The molecule has 7 heteroatoms. The van der Waals surface area contributed by atoms with Crippen molar-refractivity contribution in [1.82, 2.24) is 15.6 Å².